The van der Waals surface area contributed by atoms with E-state index >= 15 is 0 Å². The highest BCUT2D eigenvalue weighted by molar-refractivity contribution is 5.23. The van der Waals surface area contributed by atoms with E-state index in [1.54, 1.807) is 6.33 Å². The molecule has 0 amide bonds. The van der Waals surface area contributed by atoms with Gasteiger partial charge >= 0.3 is 0 Å². The molecule has 1 aromatic rings. The van der Waals surface area contributed by atoms with Crippen LogP contribution in [0.5, 0.6) is 0 Å². The number of aromatic nitrogens is 2. The maximum absolute atomic E-state index is 5.49. The minimum absolute atomic E-state index is 0.0902. The van der Waals surface area contributed by atoms with E-state index in [1.165, 1.54) is 5.56 Å². The van der Waals surface area contributed by atoms with Crippen LogP contribution in [0.4, 0.5) is 0 Å². The van der Waals surface area contributed by atoms with Gasteiger partial charge in [-0.3, -0.25) is 0 Å². The Hall–Kier alpha value is -0.960. The van der Waals surface area contributed by atoms with Crippen molar-refractivity contribution in [3.8, 4) is 0 Å². The van der Waals surface area contributed by atoms with E-state index in [2.05, 4.69) is 30.7 Å². The van der Waals surface area contributed by atoms with Gasteiger partial charge in [-0.15, -0.1) is 0 Å². The SMILES string of the molecule is CC(C)(C)c1ncncc1CCCN. The molecule has 0 bridgehead atoms. The number of hydrogen-bond donors (Lipinski definition) is 1. The third kappa shape index (κ3) is 2.77. The summed E-state index contributed by atoms with van der Waals surface area (Å²) in [5.74, 6) is 0. The van der Waals surface area contributed by atoms with Gasteiger partial charge in [-0.1, -0.05) is 20.8 Å². The zero-order valence-electron chi connectivity index (χ0n) is 9.25. The van der Waals surface area contributed by atoms with Crippen molar-refractivity contribution in [2.24, 2.45) is 5.73 Å². The molecule has 0 saturated heterocycles. The number of nitrogens with zero attached hydrogens (tertiary/aromatic N) is 2. The van der Waals surface area contributed by atoms with Crippen LogP contribution in [0.2, 0.25) is 0 Å². The van der Waals surface area contributed by atoms with Crippen LogP contribution < -0.4 is 5.73 Å². The third-order valence-electron chi connectivity index (χ3n) is 2.15. The number of aryl methyl sites for hydroxylation is 1. The lowest BCUT2D eigenvalue weighted by molar-refractivity contribution is 0.555. The Bertz CT molecular complexity index is 289. The largest absolute Gasteiger partial charge is 0.330 e. The summed E-state index contributed by atoms with van der Waals surface area (Å²) in [6.45, 7) is 7.22. The van der Waals surface area contributed by atoms with Gasteiger partial charge in [-0.2, -0.15) is 0 Å². The second-order valence-corrected chi connectivity index (χ2v) is 4.54. The molecule has 0 radical (unpaired) electrons. The predicted molar refractivity (Wildman–Crippen MR) is 58.1 cm³/mol. The van der Waals surface area contributed by atoms with Crippen molar-refractivity contribution < 1.29 is 0 Å². The first-order valence-electron chi connectivity index (χ1n) is 5.05. The van der Waals surface area contributed by atoms with E-state index in [0.717, 1.165) is 25.1 Å². The van der Waals surface area contributed by atoms with Crippen LogP contribution >= 0.6 is 0 Å². The molecule has 78 valence electrons. The minimum Gasteiger partial charge on any atom is -0.330 e. The van der Waals surface area contributed by atoms with Crippen molar-refractivity contribution in [3.63, 3.8) is 0 Å². The van der Waals surface area contributed by atoms with E-state index in [-0.39, 0.29) is 5.41 Å². The summed E-state index contributed by atoms with van der Waals surface area (Å²) in [5, 5.41) is 0. The molecule has 0 spiro atoms. The molecule has 1 heterocycles. The van der Waals surface area contributed by atoms with E-state index in [4.69, 9.17) is 5.73 Å². The van der Waals surface area contributed by atoms with Crippen molar-refractivity contribution >= 4 is 0 Å². The normalized spacial score (nSPS) is 11.7. The van der Waals surface area contributed by atoms with Gasteiger partial charge in [-0.05, 0) is 24.9 Å². The van der Waals surface area contributed by atoms with Crippen molar-refractivity contribution in [1.82, 2.24) is 9.97 Å². The summed E-state index contributed by atoms with van der Waals surface area (Å²) in [6, 6.07) is 0. The van der Waals surface area contributed by atoms with Gasteiger partial charge in [-0.25, -0.2) is 9.97 Å². The van der Waals surface area contributed by atoms with Gasteiger partial charge in [0.25, 0.3) is 0 Å². The summed E-state index contributed by atoms with van der Waals surface area (Å²) in [4.78, 5) is 8.41. The van der Waals surface area contributed by atoms with Gasteiger partial charge in [0.2, 0.25) is 0 Å². The van der Waals surface area contributed by atoms with E-state index in [1.807, 2.05) is 6.20 Å². The summed E-state index contributed by atoms with van der Waals surface area (Å²) in [5.41, 5.74) is 7.95. The van der Waals surface area contributed by atoms with Crippen molar-refractivity contribution in [2.45, 2.75) is 39.0 Å². The highest BCUT2D eigenvalue weighted by Crippen LogP contribution is 2.23. The molecule has 0 aliphatic carbocycles. The Morgan fingerprint density at radius 2 is 2.07 bits per heavy atom. The van der Waals surface area contributed by atoms with Gasteiger partial charge in [0, 0.05) is 11.6 Å². The Kier molecular flexibility index (Phi) is 3.58. The molecule has 0 unspecified atom stereocenters. The predicted octanol–water partition coefficient (Wildman–Crippen LogP) is 1.67. The lowest BCUT2D eigenvalue weighted by Gasteiger charge is -2.20. The third-order valence-corrected chi connectivity index (χ3v) is 2.15. The second-order valence-electron chi connectivity index (χ2n) is 4.54. The molecular formula is C11H19N3. The minimum atomic E-state index is 0.0902. The van der Waals surface area contributed by atoms with E-state index in [9.17, 15) is 0 Å². The standard InChI is InChI=1S/C11H19N3/c1-11(2,3)10-9(5-4-6-12)7-13-8-14-10/h7-8H,4-6,12H2,1-3H3. The van der Waals surface area contributed by atoms with Gasteiger partial charge in [0.15, 0.2) is 0 Å². The fraction of sp³-hybridized carbons (Fsp3) is 0.636. The Morgan fingerprint density at radius 3 is 2.64 bits per heavy atom. The van der Waals surface area contributed by atoms with Gasteiger partial charge in [0.05, 0.1) is 5.69 Å². The maximum atomic E-state index is 5.49. The highest BCUT2D eigenvalue weighted by atomic mass is 14.8. The first-order chi connectivity index (χ1) is 6.55. The highest BCUT2D eigenvalue weighted by Gasteiger charge is 2.18. The molecule has 14 heavy (non-hydrogen) atoms. The lowest BCUT2D eigenvalue weighted by atomic mass is 9.88. The number of nitrogens with two attached hydrogens (primary N) is 1. The second kappa shape index (κ2) is 4.51. The molecule has 0 saturated carbocycles. The van der Waals surface area contributed by atoms with Crippen molar-refractivity contribution in [1.29, 1.82) is 0 Å². The Labute approximate surface area is 85.8 Å². The van der Waals surface area contributed by atoms with Crippen LogP contribution in [0.25, 0.3) is 0 Å². The molecule has 2 N–H and O–H groups in total. The lowest BCUT2D eigenvalue weighted by Crippen LogP contribution is -2.17. The summed E-state index contributed by atoms with van der Waals surface area (Å²) < 4.78 is 0. The first-order valence-corrected chi connectivity index (χ1v) is 5.05. The Balaban J connectivity index is 2.92. The average molecular weight is 193 g/mol. The maximum Gasteiger partial charge on any atom is 0.115 e. The van der Waals surface area contributed by atoms with E-state index in [0.29, 0.717) is 0 Å². The topological polar surface area (TPSA) is 51.8 Å². The molecule has 0 aromatic carbocycles. The Morgan fingerprint density at radius 1 is 1.36 bits per heavy atom. The smallest absolute Gasteiger partial charge is 0.115 e. The van der Waals surface area contributed by atoms with Crippen LogP contribution in [0.15, 0.2) is 12.5 Å². The fourth-order valence-electron chi connectivity index (χ4n) is 1.51. The molecule has 0 atom stereocenters. The van der Waals surface area contributed by atoms with Crippen LogP contribution in [0, 0.1) is 0 Å². The number of rotatable bonds is 3. The molecule has 1 rings (SSSR count). The molecule has 1 aromatic heterocycles. The van der Waals surface area contributed by atoms with Crippen LogP contribution in [-0.4, -0.2) is 16.5 Å². The van der Waals surface area contributed by atoms with Crippen molar-refractivity contribution in [2.75, 3.05) is 6.54 Å². The molecule has 0 aliphatic rings. The first kappa shape index (κ1) is 11.1. The summed E-state index contributed by atoms with van der Waals surface area (Å²) in [6.07, 6.45) is 5.50. The fourth-order valence-corrected chi connectivity index (χ4v) is 1.51. The quantitative estimate of drug-likeness (QED) is 0.794. The van der Waals surface area contributed by atoms with Crippen LogP contribution in [0.1, 0.15) is 38.4 Å². The summed E-state index contributed by atoms with van der Waals surface area (Å²) in [7, 11) is 0. The van der Waals surface area contributed by atoms with Gasteiger partial charge in [0.1, 0.15) is 6.33 Å². The average Bonchev–Trinajstić information content (AvgIpc) is 2.14. The number of hydrogen-bond acceptors (Lipinski definition) is 3. The summed E-state index contributed by atoms with van der Waals surface area (Å²) >= 11 is 0. The van der Waals surface area contributed by atoms with E-state index < -0.39 is 0 Å². The zero-order chi connectivity index (χ0) is 10.6. The monoisotopic (exact) mass is 193 g/mol. The van der Waals surface area contributed by atoms with Crippen LogP contribution in [0.3, 0.4) is 0 Å². The van der Waals surface area contributed by atoms with Crippen molar-refractivity contribution in [3.05, 3.63) is 23.8 Å². The molecule has 3 nitrogen and oxygen atoms in total. The van der Waals surface area contributed by atoms with Gasteiger partial charge < -0.3 is 5.73 Å². The molecule has 3 heteroatoms. The molecular weight excluding hydrogens is 174 g/mol. The molecule has 0 aliphatic heterocycles. The molecule has 0 fully saturated rings. The zero-order valence-corrected chi connectivity index (χ0v) is 9.25. The van der Waals surface area contributed by atoms with Crippen LogP contribution in [-0.2, 0) is 11.8 Å².